The van der Waals surface area contributed by atoms with Gasteiger partial charge in [0.15, 0.2) is 0 Å². The summed E-state index contributed by atoms with van der Waals surface area (Å²) in [6, 6.07) is 6.14. The summed E-state index contributed by atoms with van der Waals surface area (Å²) in [5.41, 5.74) is 7.97. The molecule has 0 radical (unpaired) electrons. The molecule has 106 valence electrons. The first-order valence-corrected chi connectivity index (χ1v) is 7.48. The van der Waals surface area contributed by atoms with Gasteiger partial charge in [-0.05, 0) is 58.3 Å². The third-order valence-corrected chi connectivity index (χ3v) is 3.80. The van der Waals surface area contributed by atoms with E-state index in [1.165, 1.54) is 12.1 Å². The van der Waals surface area contributed by atoms with Crippen LogP contribution in [0.3, 0.4) is 0 Å². The van der Waals surface area contributed by atoms with Gasteiger partial charge in [-0.1, -0.05) is 13.0 Å². The SMILES string of the molecule is CCCOc1cncc(C(N)c2ccc(F)cc2I)c1. The number of rotatable bonds is 5. The van der Waals surface area contributed by atoms with E-state index in [0.717, 1.165) is 21.1 Å². The van der Waals surface area contributed by atoms with Gasteiger partial charge in [0.2, 0.25) is 0 Å². The predicted octanol–water partition coefficient (Wildman–Crippen LogP) is 3.66. The molecule has 1 aromatic heterocycles. The van der Waals surface area contributed by atoms with Gasteiger partial charge >= 0.3 is 0 Å². The summed E-state index contributed by atoms with van der Waals surface area (Å²) in [5.74, 6) is 0.445. The van der Waals surface area contributed by atoms with Gasteiger partial charge in [-0.15, -0.1) is 0 Å². The predicted molar refractivity (Wildman–Crippen MR) is 85.2 cm³/mol. The quantitative estimate of drug-likeness (QED) is 0.798. The zero-order valence-electron chi connectivity index (χ0n) is 11.1. The Morgan fingerprint density at radius 2 is 2.15 bits per heavy atom. The van der Waals surface area contributed by atoms with Gasteiger partial charge < -0.3 is 10.5 Å². The zero-order valence-corrected chi connectivity index (χ0v) is 13.3. The van der Waals surface area contributed by atoms with E-state index in [1.807, 2.05) is 13.0 Å². The van der Waals surface area contributed by atoms with Crippen molar-refractivity contribution in [2.45, 2.75) is 19.4 Å². The molecule has 5 heteroatoms. The summed E-state index contributed by atoms with van der Waals surface area (Å²) in [5, 5.41) is 0. The number of nitrogens with zero attached hydrogens (tertiary/aromatic N) is 1. The van der Waals surface area contributed by atoms with Crippen molar-refractivity contribution in [1.82, 2.24) is 4.98 Å². The number of hydrogen-bond acceptors (Lipinski definition) is 3. The summed E-state index contributed by atoms with van der Waals surface area (Å²) >= 11 is 2.09. The van der Waals surface area contributed by atoms with E-state index in [9.17, 15) is 4.39 Å². The Morgan fingerprint density at radius 1 is 1.35 bits per heavy atom. The van der Waals surface area contributed by atoms with Crippen LogP contribution >= 0.6 is 22.6 Å². The fourth-order valence-electron chi connectivity index (χ4n) is 1.84. The van der Waals surface area contributed by atoms with Crippen molar-refractivity contribution in [3.63, 3.8) is 0 Å². The Balaban J connectivity index is 2.26. The highest BCUT2D eigenvalue weighted by Gasteiger charge is 2.14. The van der Waals surface area contributed by atoms with Crippen LogP contribution < -0.4 is 10.5 Å². The van der Waals surface area contributed by atoms with Crippen LogP contribution in [-0.4, -0.2) is 11.6 Å². The Hall–Kier alpha value is -1.21. The number of benzene rings is 1. The van der Waals surface area contributed by atoms with Gasteiger partial charge in [0.25, 0.3) is 0 Å². The van der Waals surface area contributed by atoms with Crippen LogP contribution in [0.25, 0.3) is 0 Å². The van der Waals surface area contributed by atoms with Crippen LogP contribution in [0.5, 0.6) is 5.75 Å². The maximum atomic E-state index is 13.1. The van der Waals surface area contributed by atoms with E-state index < -0.39 is 0 Å². The van der Waals surface area contributed by atoms with Crippen LogP contribution in [0.4, 0.5) is 4.39 Å². The average molecular weight is 386 g/mol. The summed E-state index contributed by atoms with van der Waals surface area (Å²) in [4.78, 5) is 4.15. The molecule has 2 aromatic rings. The number of nitrogens with two attached hydrogens (primary N) is 1. The molecule has 1 unspecified atom stereocenters. The molecule has 1 heterocycles. The van der Waals surface area contributed by atoms with Gasteiger partial charge in [0.05, 0.1) is 18.8 Å². The van der Waals surface area contributed by atoms with E-state index in [-0.39, 0.29) is 11.9 Å². The van der Waals surface area contributed by atoms with Crippen molar-refractivity contribution in [2.75, 3.05) is 6.61 Å². The topological polar surface area (TPSA) is 48.1 Å². The lowest BCUT2D eigenvalue weighted by Crippen LogP contribution is -2.14. The van der Waals surface area contributed by atoms with Gasteiger partial charge in [-0.25, -0.2) is 4.39 Å². The normalized spacial score (nSPS) is 12.2. The maximum absolute atomic E-state index is 13.1. The first-order valence-electron chi connectivity index (χ1n) is 6.40. The standard InChI is InChI=1S/C15H16FIN2O/c1-2-5-20-12-6-10(8-19-9-12)15(18)13-4-3-11(16)7-14(13)17/h3-4,6-9,15H,2,5,18H2,1H3. The third-order valence-electron chi connectivity index (χ3n) is 2.86. The molecule has 0 aliphatic carbocycles. The zero-order chi connectivity index (χ0) is 14.5. The lowest BCUT2D eigenvalue weighted by molar-refractivity contribution is 0.315. The second-order valence-corrected chi connectivity index (χ2v) is 5.61. The summed E-state index contributed by atoms with van der Waals surface area (Å²) in [7, 11) is 0. The molecule has 0 spiro atoms. The molecular formula is C15H16FIN2O. The Morgan fingerprint density at radius 3 is 2.85 bits per heavy atom. The molecule has 0 saturated carbocycles. The van der Waals surface area contributed by atoms with Crippen LogP contribution in [0.15, 0.2) is 36.7 Å². The highest BCUT2D eigenvalue weighted by atomic mass is 127. The number of halogens is 2. The molecule has 2 N–H and O–H groups in total. The van der Waals surface area contributed by atoms with Gasteiger partial charge in [-0.3, -0.25) is 4.98 Å². The fourth-order valence-corrected chi connectivity index (χ4v) is 2.65. The average Bonchev–Trinajstić information content (AvgIpc) is 2.45. The molecule has 1 aromatic carbocycles. The molecule has 2 rings (SSSR count). The number of pyridine rings is 1. The smallest absolute Gasteiger partial charge is 0.137 e. The molecule has 20 heavy (non-hydrogen) atoms. The number of ether oxygens (including phenoxy) is 1. The Kier molecular flexibility index (Phi) is 5.31. The number of hydrogen-bond donors (Lipinski definition) is 1. The summed E-state index contributed by atoms with van der Waals surface area (Å²) < 4.78 is 19.5. The van der Waals surface area contributed by atoms with Crippen LogP contribution in [0.1, 0.15) is 30.5 Å². The second-order valence-electron chi connectivity index (χ2n) is 4.45. The Labute approximate surface area is 131 Å². The minimum Gasteiger partial charge on any atom is -0.492 e. The highest BCUT2D eigenvalue weighted by molar-refractivity contribution is 14.1. The van der Waals surface area contributed by atoms with E-state index in [1.54, 1.807) is 18.5 Å². The summed E-state index contributed by atoms with van der Waals surface area (Å²) in [6.45, 7) is 2.69. The van der Waals surface area contributed by atoms with E-state index >= 15 is 0 Å². The molecule has 0 aliphatic heterocycles. The van der Waals surface area contributed by atoms with E-state index in [2.05, 4.69) is 27.6 Å². The second kappa shape index (κ2) is 6.99. The lowest BCUT2D eigenvalue weighted by atomic mass is 10.0. The monoisotopic (exact) mass is 386 g/mol. The molecule has 0 bridgehead atoms. The largest absolute Gasteiger partial charge is 0.492 e. The van der Waals surface area contributed by atoms with Crippen LogP contribution in [0, 0.1) is 9.39 Å². The summed E-state index contributed by atoms with van der Waals surface area (Å²) in [6.07, 6.45) is 4.32. The highest BCUT2D eigenvalue weighted by Crippen LogP contribution is 2.26. The third kappa shape index (κ3) is 3.67. The van der Waals surface area contributed by atoms with Crippen molar-refractivity contribution < 1.29 is 9.13 Å². The van der Waals surface area contributed by atoms with Crippen molar-refractivity contribution in [1.29, 1.82) is 0 Å². The van der Waals surface area contributed by atoms with Gasteiger partial charge in [0, 0.05) is 9.77 Å². The molecule has 0 saturated heterocycles. The maximum Gasteiger partial charge on any atom is 0.137 e. The van der Waals surface area contributed by atoms with Crippen molar-refractivity contribution in [3.8, 4) is 5.75 Å². The fraction of sp³-hybridized carbons (Fsp3) is 0.267. The van der Waals surface area contributed by atoms with Crippen LogP contribution in [0.2, 0.25) is 0 Å². The molecule has 0 amide bonds. The minimum absolute atomic E-state index is 0.261. The van der Waals surface area contributed by atoms with Gasteiger partial charge in [-0.2, -0.15) is 0 Å². The molecule has 0 fully saturated rings. The lowest BCUT2D eigenvalue weighted by Gasteiger charge is -2.15. The number of aromatic nitrogens is 1. The van der Waals surface area contributed by atoms with Gasteiger partial charge in [0.1, 0.15) is 11.6 Å². The Bertz CT molecular complexity index is 592. The van der Waals surface area contributed by atoms with Crippen LogP contribution in [-0.2, 0) is 0 Å². The van der Waals surface area contributed by atoms with E-state index in [4.69, 9.17) is 10.5 Å². The van der Waals surface area contributed by atoms with Crippen molar-refractivity contribution in [3.05, 3.63) is 57.2 Å². The molecule has 1 atom stereocenters. The molecule has 0 aliphatic rings. The first-order chi connectivity index (χ1) is 9.61. The first kappa shape index (κ1) is 15.2. The minimum atomic E-state index is -0.347. The van der Waals surface area contributed by atoms with Crippen molar-refractivity contribution in [2.24, 2.45) is 5.73 Å². The molecule has 3 nitrogen and oxygen atoms in total. The van der Waals surface area contributed by atoms with Crippen molar-refractivity contribution >= 4 is 22.6 Å². The molecular weight excluding hydrogens is 370 g/mol. The van der Waals surface area contributed by atoms with E-state index in [0.29, 0.717) is 12.4 Å².